The first-order valence-electron chi connectivity index (χ1n) is 7.89. The van der Waals surface area contributed by atoms with Gasteiger partial charge in [-0.3, -0.25) is 4.79 Å². The summed E-state index contributed by atoms with van der Waals surface area (Å²) in [4.78, 5) is 16.8. The van der Waals surface area contributed by atoms with Crippen molar-refractivity contribution in [2.45, 2.75) is 12.8 Å². The van der Waals surface area contributed by atoms with Crippen LogP contribution in [0.2, 0.25) is 0 Å². The second-order valence-corrected chi connectivity index (χ2v) is 8.24. The number of thiophene rings is 1. The van der Waals surface area contributed by atoms with E-state index in [0.29, 0.717) is 11.6 Å². The Kier molecular flexibility index (Phi) is 5.14. The van der Waals surface area contributed by atoms with Gasteiger partial charge in [0.2, 0.25) is 11.0 Å². The van der Waals surface area contributed by atoms with E-state index in [2.05, 4.69) is 25.9 Å². The van der Waals surface area contributed by atoms with Crippen molar-refractivity contribution in [3.05, 3.63) is 68.8 Å². The number of carbonyl (C=O) groups excluding carboxylic acids is 1. The SMILES string of the molecule is O=C(Cc1csc(-c2ccsc2)n1)Nc1nnc(Cc2ccccc2)s1. The predicted octanol–water partition coefficient (Wildman–Crippen LogP) is 4.50. The summed E-state index contributed by atoms with van der Waals surface area (Å²) in [7, 11) is 0. The highest BCUT2D eigenvalue weighted by Crippen LogP contribution is 2.26. The minimum atomic E-state index is -0.130. The minimum absolute atomic E-state index is 0.130. The molecule has 130 valence electrons. The van der Waals surface area contributed by atoms with Crippen molar-refractivity contribution in [3.8, 4) is 10.6 Å². The largest absolute Gasteiger partial charge is 0.300 e. The van der Waals surface area contributed by atoms with E-state index in [1.54, 1.807) is 22.7 Å². The Morgan fingerprint density at radius 2 is 1.96 bits per heavy atom. The lowest BCUT2D eigenvalue weighted by atomic mass is 10.2. The van der Waals surface area contributed by atoms with Gasteiger partial charge in [0, 0.05) is 22.7 Å². The van der Waals surface area contributed by atoms with E-state index in [0.717, 1.165) is 21.3 Å². The van der Waals surface area contributed by atoms with Gasteiger partial charge in [-0.05, 0) is 17.0 Å². The van der Waals surface area contributed by atoms with Gasteiger partial charge in [0.15, 0.2) is 0 Å². The Morgan fingerprint density at radius 1 is 1.08 bits per heavy atom. The van der Waals surface area contributed by atoms with Crippen LogP contribution in [-0.2, 0) is 17.6 Å². The zero-order valence-electron chi connectivity index (χ0n) is 13.6. The van der Waals surface area contributed by atoms with Gasteiger partial charge in [-0.25, -0.2) is 4.98 Å². The van der Waals surface area contributed by atoms with E-state index in [1.807, 2.05) is 47.2 Å². The highest BCUT2D eigenvalue weighted by atomic mass is 32.1. The average Bonchev–Trinajstić information content (AvgIpc) is 3.37. The first kappa shape index (κ1) is 17.0. The Labute approximate surface area is 162 Å². The number of aromatic nitrogens is 3. The Bertz CT molecular complexity index is 993. The molecule has 0 saturated carbocycles. The summed E-state index contributed by atoms with van der Waals surface area (Å²) < 4.78 is 0. The van der Waals surface area contributed by atoms with Crippen LogP contribution in [-0.4, -0.2) is 21.1 Å². The van der Waals surface area contributed by atoms with Gasteiger partial charge in [0.25, 0.3) is 0 Å². The third kappa shape index (κ3) is 4.21. The highest BCUT2D eigenvalue weighted by Gasteiger charge is 2.12. The van der Waals surface area contributed by atoms with Crippen molar-refractivity contribution < 1.29 is 4.79 Å². The number of amides is 1. The van der Waals surface area contributed by atoms with E-state index in [9.17, 15) is 4.79 Å². The molecule has 26 heavy (non-hydrogen) atoms. The van der Waals surface area contributed by atoms with Crippen molar-refractivity contribution in [2.24, 2.45) is 0 Å². The van der Waals surface area contributed by atoms with E-state index in [-0.39, 0.29) is 12.3 Å². The molecule has 5 nitrogen and oxygen atoms in total. The summed E-state index contributed by atoms with van der Waals surface area (Å²) in [5, 5.41) is 19.4. The molecule has 0 saturated heterocycles. The smallest absolute Gasteiger partial charge is 0.232 e. The molecule has 3 aromatic heterocycles. The molecule has 8 heteroatoms. The lowest BCUT2D eigenvalue weighted by Crippen LogP contribution is -2.14. The topological polar surface area (TPSA) is 67.8 Å². The van der Waals surface area contributed by atoms with Gasteiger partial charge >= 0.3 is 0 Å². The molecule has 4 aromatic rings. The van der Waals surface area contributed by atoms with Gasteiger partial charge in [-0.15, -0.1) is 21.5 Å². The molecule has 0 atom stereocenters. The van der Waals surface area contributed by atoms with Gasteiger partial charge in [0.05, 0.1) is 12.1 Å². The summed E-state index contributed by atoms with van der Waals surface area (Å²) in [6.45, 7) is 0. The number of rotatable bonds is 6. The van der Waals surface area contributed by atoms with Crippen LogP contribution in [0.4, 0.5) is 5.13 Å². The van der Waals surface area contributed by atoms with Crippen molar-refractivity contribution in [2.75, 3.05) is 5.32 Å². The number of benzene rings is 1. The quantitative estimate of drug-likeness (QED) is 0.519. The fourth-order valence-electron chi connectivity index (χ4n) is 2.38. The van der Waals surface area contributed by atoms with E-state index >= 15 is 0 Å². The first-order chi connectivity index (χ1) is 12.8. The molecule has 1 amide bonds. The standard InChI is InChI=1S/C18H14N4OS3/c23-15(9-14-11-25-17(19-14)13-6-7-24-10-13)20-18-22-21-16(26-18)8-12-4-2-1-3-5-12/h1-7,10-11H,8-9H2,(H,20,22,23). The fraction of sp³-hybridized carbons (Fsp3) is 0.111. The van der Waals surface area contributed by atoms with Crippen molar-refractivity contribution >= 4 is 45.0 Å². The van der Waals surface area contributed by atoms with Crippen LogP contribution in [0.3, 0.4) is 0 Å². The van der Waals surface area contributed by atoms with Crippen LogP contribution in [0.25, 0.3) is 10.6 Å². The monoisotopic (exact) mass is 398 g/mol. The minimum Gasteiger partial charge on any atom is -0.300 e. The fourth-order valence-corrected chi connectivity index (χ4v) is 4.70. The van der Waals surface area contributed by atoms with Crippen LogP contribution >= 0.6 is 34.0 Å². The van der Waals surface area contributed by atoms with Gasteiger partial charge in [-0.2, -0.15) is 11.3 Å². The molecule has 4 rings (SSSR count). The molecule has 0 unspecified atom stereocenters. The van der Waals surface area contributed by atoms with Crippen LogP contribution < -0.4 is 5.32 Å². The third-order valence-corrected chi connectivity index (χ3v) is 6.04. The van der Waals surface area contributed by atoms with Crippen molar-refractivity contribution in [1.82, 2.24) is 15.2 Å². The third-order valence-electron chi connectivity index (χ3n) is 3.57. The zero-order chi connectivity index (χ0) is 17.8. The molecule has 0 aliphatic rings. The maximum Gasteiger partial charge on any atom is 0.232 e. The highest BCUT2D eigenvalue weighted by molar-refractivity contribution is 7.15. The molecule has 0 aliphatic carbocycles. The van der Waals surface area contributed by atoms with E-state index in [1.165, 1.54) is 16.9 Å². The first-order valence-corrected chi connectivity index (χ1v) is 10.5. The predicted molar refractivity (Wildman–Crippen MR) is 107 cm³/mol. The second-order valence-electron chi connectivity index (χ2n) is 5.54. The summed E-state index contributed by atoms with van der Waals surface area (Å²) in [5.74, 6) is -0.130. The van der Waals surface area contributed by atoms with Gasteiger partial charge < -0.3 is 5.32 Å². The molecule has 0 radical (unpaired) electrons. The van der Waals surface area contributed by atoms with Crippen LogP contribution in [0, 0.1) is 0 Å². The lowest BCUT2D eigenvalue weighted by molar-refractivity contribution is -0.115. The summed E-state index contributed by atoms with van der Waals surface area (Å²) >= 11 is 4.59. The lowest BCUT2D eigenvalue weighted by Gasteiger charge is -1.98. The Morgan fingerprint density at radius 3 is 2.77 bits per heavy atom. The van der Waals surface area contributed by atoms with Gasteiger partial charge in [-0.1, -0.05) is 41.7 Å². The summed E-state index contributed by atoms with van der Waals surface area (Å²) in [5.41, 5.74) is 3.04. The number of nitrogens with zero attached hydrogens (tertiary/aromatic N) is 3. The van der Waals surface area contributed by atoms with Crippen LogP contribution in [0.15, 0.2) is 52.5 Å². The van der Waals surface area contributed by atoms with E-state index in [4.69, 9.17) is 0 Å². The summed E-state index contributed by atoms with van der Waals surface area (Å²) in [6.07, 6.45) is 0.943. The molecule has 1 N–H and O–H groups in total. The zero-order valence-corrected chi connectivity index (χ0v) is 16.0. The van der Waals surface area contributed by atoms with Crippen LogP contribution in [0.1, 0.15) is 16.3 Å². The van der Waals surface area contributed by atoms with E-state index < -0.39 is 0 Å². The normalized spacial score (nSPS) is 10.8. The molecule has 0 spiro atoms. The number of nitrogens with one attached hydrogen (secondary N) is 1. The van der Waals surface area contributed by atoms with Crippen molar-refractivity contribution in [1.29, 1.82) is 0 Å². The maximum absolute atomic E-state index is 12.2. The number of anilines is 1. The Hall–Kier alpha value is -2.42. The molecular formula is C18H14N4OS3. The maximum atomic E-state index is 12.2. The number of hydrogen-bond acceptors (Lipinski definition) is 7. The molecular weight excluding hydrogens is 384 g/mol. The molecule has 3 heterocycles. The van der Waals surface area contributed by atoms with Gasteiger partial charge in [0.1, 0.15) is 10.0 Å². The number of carbonyl (C=O) groups is 1. The number of hydrogen-bond donors (Lipinski definition) is 1. The molecule has 1 aromatic carbocycles. The Balaban J connectivity index is 1.35. The average molecular weight is 399 g/mol. The molecule has 0 aliphatic heterocycles. The van der Waals surface area contributed by atoms with Crippen molar-refractivity contribution in [3.63, 3.8) is 0 Å². The van der Waals surface area contributed by atoms with Crippen LogP contribution in [0.5, 0.6) is 0 Å². The molecule has 0 fully saturated rings. The summed E-state index contributed by atoms with van der Waals surface area (Å²) in [6, 6.07) is 12.1. The molecule has 0 bridgehead atoms. The number of thiazole rings is 1. The second kappa shape index (κ2) is 7.86.